The molecule has 4 fully saturated rings. The molecule has 0 radical (unpaired) electrons. The molecule has 0 saturated heterocycles. The molecule has 4 aliphatic rings. The lowest BCUT2D eigenvalue weighted by Gasteiger charge is -2.61. The van der Waals surface area contributed by atoms with Gasteiger partial charge in [-0.3, -0.25) is 4.79 Å². The molecule has 0 heterocycles. The lowest BCUT2D eigenvalue weighted by molar-refractivity contribution is -0.167. The highest BCUT2D eigenvalue weighted by Gasteiger charge is 2.60. The Morgan fingerprint density at radius 1 is 1.14 bits per heavy atom. The van der Waals surface area contributed by atoms with Crippen LogP contribution in [0.3, 0.4) is 0 Å². The zero-order valence-corrected chi connectivity index (χ0v) is 13.6. The van der Waals surface area contributed by atoms with Crippen LogP contribution in [-0.2, 0) is 4.79 Å². The standard InChI is InChI=1S/C19H30O2/c1-18-8-3-4-15(18)14-6-5-12-10-13(20)7-9-19(12,2)17(14)16(21)11-18/h12,14-17,21H,3-11H2,1-2H3/t12?,14?,15?,16-,17?,18?,19?/m0/s1. The summed E-state index contributed by atoms with van der Waals surface area (Å²) in [5.74, 6) is 3.02. The fraction of sp³-hybridized carbons (Fsp3) is 0.947. The van der Waals surface area contributed by atoms with Crippen LogP contribution in [0, 0.1) is 34.5 Å². The molecule has 0 bridgehead atoms. The van der Waals surface area contributed by atoms with Crippen molar-refractivity contribution in [3.8, 4) is 0 Å². The molecule has 0 aromatic rings. The molecule has 4 aliphatic carbocycles. The van der Waals surface area contributed by atoms with Gasteiger partial charge in [0.1, 0.15) is 5.78 Å². The maximum absolute atomic E-state index is 11.9. The zero-order chi connectivity index (χ0) is 14.8. The average molecular weight is 290 g/mol. The minimum atomic E-state index is -0.129. The molecule has 6 unspecified atom stereocenters. The number of aliphatic hydroxyl groups is 1. The van der Waals surface area contributed by atoms with Gasteiger partial charge in [-0.05, 0) is 73.0 Å². The maximum Gasteiger partial charge on any atom is 0.133 e. The van der Waals surface area contributed by atoms with E-state index in [1.807, 2.05) is 0 Å². The van der Waals surface area contributed by atoms with Crippen LogP contribution in [0.25, 0.3) is 0 Å². The Morgan fingerprint density at radius 2 is 1.95 bits per heavy atom. The topological polar surface area (TPSA) is 37.3 Å². The number of Topliss-reactive ketones (excluding diaryl/α,β-unsaturated/α-hetero) is 1. The fourth-order valence-corrected chi connectivity index (χ4v) is 7.18. The van der Waals surface area contributed by atoms with Crippen molar-refractivity contribution in [3.63, 3.8) is 0 Å². The first kappa shape index (κ1) is 14.2. The molecule has 0 spiro atoms. The van der Waals surface area contributed by atoms with Crippen molar-refractivity contribution < 1.29 is 9.90 Å². The summed E-state index contributed by atoms with van der Waals surface area (Å²) >= 11 is 0. The normalized spacial score (nSPS) is 56.5. The van der Waals surface area contributed by atoms with Crippen LogP contribution in [0.5, 0.6) is 0 Å². The van der Waals surface area contributed by atoms with E-state index in [-0.39, 0.29) is 11.5 Å². The summed E-state index contributed by atoms with van der Waals surface area (Å²) in [7, 11) is 0. The summed E-state index contributed by atoms with van der Waals surface area (Å²) in [5, 5.41) is 11.0. The quantitative estimate of drug-likeness (QED) is 0.733. The smallest absolute Gasteiger partial charge is 0.133 e. The molecule has 21 heavy (non-hydrogen) atoms. The van der Waals surface area contributed by atoms with Crippen LogP contribution >= 0.6 is 0 Å². The third-order valence-corrected chi connectivity index (χ3v) is 8.19. The molecule has 2 nitrogen and oxygen atoms in total. The Bertz CT molecular complexity index is 458. The molecule has 1 N–H and O–H groups in total. The summed E-state index contributed by atoms with van der Waals surface area (Å²) in [4.78, 5) is 11.9. The summed E-state index contributed by atoms with van der Waals surface area (Å²) < 4.78 is 0. The third kappa shape index (κ3) is 1.90. The first-order valence-electron chi connectivity index (χ1n) is 9.14. The van der Waals surface area contributed by atoms with E-state index in [9.17, 15) is 9.90 Å². The Hall–Kier alpha value is -0.370. The molecule has 7 atom stereocenters. The van der Waals surface area contributed by atoms with Crippen molar-refractivity contribution in [1.82, 2.24) is 0 Å². The van der Waals surface area contributed by atoms with Gasteiger partial charge in [0.05, 0.1) is 6.10 Å². The molecule has 0 aliphatic heterocycles. The number of hydrogen-bond acceptors (Lipinski definition) is 2. The van der Waals surface area contributed by atoms with Gasteiger partial charge in [-0.1, -0.05) is 20.3 Å². The van der Waals surface area contributed by atoms with Crippen LogP contribution in [-0.4, -0.2) is 17.0 Å². The molecule has 118 valence electrons. The van der Waals surface area contributed by atoms with E-state index < -0.39 is 0 Å². The van der Waals surface area contributed by atoms with Crippen molar-refractivity contribution in [1.29, 1.82) is 0 Å². The Morgan fingerprint density at radius 3 is 2.76 bits per heavy atom. The van der Waals surface area contributed by atoms with Crippen LogP contribution in [0.1, 0.15) is 71.6 Å². The predicted octanol–water partition coefficient (Wildman–Crippen LogP) is 3.96. The third-order valence-electron chi connectivity index (χ3n) is 8.19. The van der Waals surface area contributed by atoms with E-state index in [1.165, 1.54) is 32.1 Å². The second kappa shape index (κ2) is 4.57. The first-order valence-corrected chi connectivity index (χ1v) is 9.14. The van der Waals surface area contributed by atoms with E-state index in [4.69, 9.17) is 0 Å². The maximum atomic E-state index is 11.9. The summed E-state index contributed by atoms with van der Waals surface area (Å²) in [6.07, 6.45) is 9.98. The zero-order valence-electron chi connectivity index (χ0n) is 13.6. The summed E-state index contributed by atoms with van der Waals surface area (Å²) in [6.45, 7) is 4.84. The molecule has 4 rings (SSSR count). The van der Waals surface area contributed by atoms with E-state index in [0.717, 1.165) is 37.5 Å². The summed E-state index contributed by atoms with van der Waals surface area (Å²) in [5.41, 5.74) is 0.619. The van der Waals surface area contributed by atoms with E-state index in [2.05, 4.69) is 13.8 Å². The highest BCUT2D eigenvalue weighted by Crippen LogP contribution is 2.65. The average Bonchev–Trinajstić information content (AvgIpc) is 2.80. The lowest BCUT2D eigenvalue weighted by atomic mass is 9.44. The van der Waals surface area contributed by atoms with Gasteiger partial charge in [-0.25, -0.2) is 0 Å². The molecule has 0 aromatic carbocycles. The number of aliphatic hydroxyl groups excluding tert-OH is 1. The van der Waals surface area contributed by atoms with Crippen LogP contribution < -0.4 is 0 Å². The minimum absolute atomic E-state index is 0.129. The van der Waals surface area contributed by atoms with Crippen LogP contribution in [0.4, 0.5) is 0 Å². The minimum Gasteiger partial charge on any atom is -0.393 e. The number of hydrogen-bond donors (Lipinski definition) is 1. The second-order valence-corrected chi connectivity index (χ2v) is 9.14. The van der Waals surface area contributed by atoms with Crippen molar-refractivity contribution in [2.75, 3.05) is 0 Å². The van der Waals surface area contributed by atoms with Gasteiger partial charge in [0.2, 0.25) is 0 Å². The SMILES string of the molecule is CC12CCCC1C1CCC3CC(=O)CCC3(C)C1[C@@H](O)C2. The Kier molecular flexibility index (Phi) is 3.10. The monoisotopic (exact) mass is 290 g/mol. The molecular formula is C19H30O2. The molecular weight excluding hydrogens is 260 g/mol. The van der Waals surface area contributed by atoms with Gasteiger partial charge in [0.25, 0.3) is 0 Å². The van der Waals surface area contributed by atoms with Crippen molar-refractivity contribution in [2.24, 2.45) is 34.5 Å². The Balaban J connectivity index is 1.69. The first-order chi connectivity index (χ1) is 9.94. The van der Waals surface area contributed by atoms with E-state index in [1.54, 1.807) is 0 Å². The number of carbonyl (C=O) groups is 1. The van der Waals surface area contributed by atoms with Crippen molar-refractivity contribution in [2.45, 2.75) is 77.7 Å². The van der Waals surface area contributed by atoms with E-state index >= 15 is 0 Å². The van der Waals surface area contributed by atoms with Crippen molar-refractivity contribution >= 4 is 5.78 Å². The molecule has 2 heteroatoms. The Labute approximate surface area is 128 Å². The number of rotatable bonds is 0. The molecule has 0 amide bonds. The largest absolute Gasteiger partial charge is 0.393 e. The molecule has 4 saturated carbocycles. The van der Waals surface area contributed by atoms with Gasteiger partial charge in [-0.2, -0.15) is 0 Å². The lowest BCUT2D eigenvalue weighted by Crippen LogP contribution is -2.58. The fourth-order valence-electron chi connectivity index (χ4n) is 7.18. The number of ketones is 1. The highest BCUT2D eigenvalue weighted by atomic mass is 16.3. The van der Waals surface area contributed by atoms with Crippen LogP contribution in [0.2, 0.25) is 0 Å². The van der Waals surface area contributed by atoms with Gasteiger partial charge < -0.3 is 5.11 Å². The van der Waals surface area contributed by atoms with Crippen LogP contribution in [0.15, 0.2) is 0 Å². The number of carbonyl (C=O) groups excluding carboxylic acids is 1. The van der Waals surface area contributed by atoms with Gasteiger partial charge in [0, 0.05) is 12.8 Å². The van der Waals surface area contributed by atoms with Gasteiger partial charge in [-0.15, -0.1) is 0 Å². The highest BCUT2D eigenvalue weighted by molar-refractivity contribution is 5.79. The molecule has 0 aromatic heterocycles. The predicted molar refractivity (Wildman–Crippen MR) is 82.7 cm³/mol. The van der Waals surface area contributed by atoms with Crippen molar-refractivity contribution in [3.05, 3.63) is 0 Å². The second-order valence-electron chi connectivity index (χ2n) is 9.14. The number of fused-ring (bicyclic) bond motifs is 5. The van der Waals surface area contributed by atoms with Gasteiger partial charge in [0.15, 0.2) is 0 Å². The summed E-state index contributed by atoms with van der Waals surface area (Å²) in [6, 6.07) is 0. The van der Waals surface area contributed by atoms with E-state index in [0.29, 0.717) is 23.0 Å². The van der Waals surface area contributed by atoms with Gasteiger partial charge >= 0.3 is 0 Å².